The highest BCUT2D eigenvalue weighted by atomic mass is 16.5. The molecule has 4 N–H and O–H groups in total. The van der Waals surface area contributed by atoms with E-state index in [0.29, 0.717) is 0 Å². The first-order valence-electron chi connectivity index (χ1n) is 4.30. The van der Waals surface area contributed by atoms with Gasteiger partial charge in [0, 0.05) is 6.42 Å². The number of carboxylic acids is 1. The van der Waals surface area contributed by atoms with Gasteiger partial charge in [0.1, 0.15) is 6.04 Å². The molecule has 7 heteroatoms. The van der Waals surface area contributed by atoms with Gasteiger partial charge < -0.3 is 20.9 Å². The van der Waals surface area contributed by atoms with Crippen molar-refractivity contribution >= 4 is 17.8 Å². The van der Waals surface area contributed by atoms with E-state index in [1.807, 2.05) is 0 Å². The molecule has 1 unspecified atom stereocenters. The van der Waals surface area contributed by atoms with Gasteiger partial charge in [-0.2, -0.15) is 0 Å². The Hall–Kier alpha value is -1.63. The van der Waals surface area contributed by atoms with Gasteiger partial charge in [-0.1, -0.05) is 0 Å². The highest BCUT2D eigenvalue weighted by Gasteiger charge is 2.20. The molecule has 0 fully saturated rings. The number of nitrogens with two attached hydrogens (primary N) is 1. The van der Waals surface area contributed by atoms with Gasteiger partial charge in [-0.05, 0) is 6.42 Å². The zero-order valence-corrected chi connectivity index (χ0v) is 8.36. The Kier molecular flexibility index (Phi) is 6.03. The van der Waals surface area contributed by atoms with E-state index in [9.17, 15) is 14.4 Å². The van der Waals surface area contributed by atoms with E-state index in [4.69, 9.17) is 10.8 Å². The number of carbonyl (C=O) groups excluding carboxylic acids is 2. The third-order valence-corrected chi connectivity index (χ3v) is 1.68. The van der Waals surface area contributed by atoms with E-state index in [1.165, 1.54) is 7.11 Å². The van der Waals surface area contributed by atoms with Crippen molar-refractivity contribution in [2.24, 2.45) is 5.73 Å². The lowest BCUT2D eigenvalue weighted by Crippen LogP contribution is -2.43. The molecule has 0 aliphatic rings. The molecule has 0 saturated heterocycles. The minimum absolute atomic E-state index is 0.0201. The van der Waals surface area contributed by atoms with Crippen molar-refractivity contribution in [2.75, 3.05) is 13.7 Å². The maximum atomic E-state index is 10.8. The summed E-state index contributed by atoms with van der Waals surface area (Å²) in [7, 11) is 1.20. The molecule has 15 heavy (non-hydrogen) atoms. The molecule has 7 nitrogen and oxygen atoms in total. The SMILES string of the molecule is COC(=O)CCC(NC(=O)CN)C(=O)O. The highest BCUT2D eigenvalue weighted by Crippen LogP contribution is 1.99. The molecule has 0 radical (unpaired) electrons. The summed E-state index contributed by atoms with van der Waals surface area (Å²) in [5.41, 5.74) is 5.01. The number of hydrogen-bond acceptors (Lipinski definition) is 5. The van der Waals surface area contributed by atoms with E-state index in [1.54, 1.807) is 0 Å². The summed E-state index contributed by atoms with van der Waals surface area (Å²) in [5.74, 6) is -2.31. The zero-order chi connectivity index (χ0) is 11.8. The molecular weight excluding hydrogens is 204 g/mol. The third kappa shape index (κ3) is 5.63. The molecule has 0 aliphatic carbocycles. The van der Waals surface area contributed by atoms with E-state index < -0.39 is 23.9 Å². The monoisotopic (exact) mass is 218 g/mol. The van der Waals surface area contributed by atoms with E-state index in [2.05, 4.69) is 10.1 Å². The number of hydrogen-bond donors (Lipinski definition) is 3. The molecule has 0 aromatic carbocycles. The van der Waals surface area contributed by atoms with Crippen LogP contribution in [-0.4, -0.2) is 42.6 Å². The van der Waals surface area contributed by atoms with E-state index in [-0.39, 0.29) is 19.4 Å². The predicted octanol–water partition coefficient (Wildman–Crippen LogP) is -1.53. The zero-order valence-electron chi connectivity index (χ0n) is 8.36. The largest absolute Gasteiger partial charge is 0.480 e. The molecule has 1 amide bonds. The van der Waals surface area contributed by atoms with Crippen molar-refractivity contribution in [3.63, 3.8) is 0 Å². The molecular formula is C8H14N2O5. The minimum atomic E-state index is -1.21. The van der Waals surface area contributed by atoms with Crippen molar-refractivity contribution in [3.05, 3.63) is 0 Å². The fourth-order valence-electron chi connectivity index (χ4n) is 0.875. The maximum absolute atomic E-state index is 10.8. The Morgan fingerprint density at radius 1 is 1.47 bits per heavy atom. The molecule has 0 heterocycles. The van der Waals surface area contributed by atoms with Crippen molar-refractivity contribution in [1.29, 1.82) is 0 Å². The van der Waals surface area contributed by atoms with Crippen LogP contribution >= 0.6 is 0 Å². The van der Waals surface area contributed by atoms with Gasteiger partial charge in [0.25, 0.3) is 0 Å². The molecule has 86 valence electrons. The molecule has 0 aromatic rings. The number of amides is 1. The first-order chi connectivity index (χ1) is 7.01. The first-order valence-corrected chi connectivity index (χ1v) is 4.30. The topological polar surface area (TPSA) is 119 Å². The van der Waals surface area contributed by atoms with Gasteiger partial charge in [-0.25, -0.2) is 4.79 Å². The lowest BCUT2D eigenvalue weighted by atomic mass is 10.1. The normalized spacial score (nSPS) is 11.6. The van der Waals surface area contributed by atoms with Crippen LogP contribution in [0.1, 0.15) is 12.8 Å². The van der Waals surface area contributed by atoms with Crippen LogP contribution in [0.25, 0.3) is 0 Å². The molecule has 0 bridgehead atoms. The Balaban J connectivity index is 4.11. The number of carboxylic acid groups (broad SMARTS) is 1. The highest BCUT2D eigenvalue weighted by molar-refractivity contribution is 5.84. The van der Waals surface area contributed by atoms with E-state index in [0.717, 1.165) is 0 Å². The van der Waals surface area contributed by atoms with E-state index >= 15 is 0 Å². The van der Waals surface area contributed by atoms with Crippen molar-refractivity contribution in [1.82, 2.24) is 5.32 Å². The van der Waals surface area contributed by atoms with Gasteiger partial charge in [-0.15, -0.1) is 0 Å². The quantitative estimate of drug-likeness (QED) is 0.465. The van der Waals surface area contributed by atoms with Gasteiger partial charge in [-0.3, -0.25) is 9.59 Å². The van der Waals surface area contributed by atoms with Crippen LogP contribution in [0.15, 0.2) is 0 Å². The smallest absolute Gasteiger partial charge is 0.326 e. The lowest BCUT2D eigenvalue weighted by molar-refractivity contribution is -0.143. The van der Waals surface area contributed by atoms with Crippen molar-refractivity contribution < 1.29 is 24.2 Å². The Morgan fingerprint density at radius 3 is 2.47 bits per heavy atom. The fraction of sp³-hybridized carbons (Fsp3) is 0.625. The second kappa shape index (κ2) is 6.77. The average Bonchev–Trinajstić information content (AvgIpc) is 2.22. The summed E-state index contributed by atoms with van der Waals surface area (Å²) in [6, 6.07) is -1.11. The van der Waals surface area contributed by atoms with Crippen LogP contribution in [0.2, 0.25) is 0 Å². The molecule has 0 rings (SSSR count). The Morgan fingerprint density at radius 2 is 2.07 bits per heavy atom. The number of esters is 1. The summed E-state index contributed by atoms with van der Waals surface area (Å²) < 4.78 is 4.34. The maximum Gasteiger partial charge on any atom is 0.326 e. The fourth-order valence-corrected chi connectivity index (χ4v) is 0.875. The van der Waals surface area contributed by atoms with Crippen LogP contribution in [0.4, 0.5) is 0 Å². The average molecular weight is 218 g/mol. The van der Waals surface area contributed by atoms with Crippen molar-refractivity contribution in [3.8, 4) is 0 Å². The number of carbonyl (C=O) groups is 3. The lowest BCUT2D eigenvalue weighted by Gasteiger charge is -2.12. The standard InChI is InChI=1S/C8H14N2O5/c1-15-7(12)3-2-5(8(13)14)10-6(11)4-9/h5H,2-4,9H2,1H3,(H,10,11)(H,13,14). The second-order valence-corrected chi connectivity index (χ2v) is 2.78. The predicted molar refractivity (Wildman–Crippen MR) is 49.9 cm³/mol. The second-order valence-electron chi connectivity index (χ2n) is 2.78. The number of ether oxygens (including phenoxy) is 1. The number of aliphatic carboxylic acids is 1. The van der Waals surface area contributed by atoms with Crippen LogP contribution in [0.5, 0.6) is 0 Å². The Bertz CT molecular complexity index is 253. The molecule has 1 atom stereocenters. The summed E-state index contributed by atoms with van der Waals surface area (Å²) in [5, 5.41) is 10.9. The van der Waals surface area contributed by atoms with Crippen LogP contribution in [0, 0.1) is 0 Å². The number of rotatable bonds is 6. The van der Waals surface area contributed by atoms with Gasteiger partial charge >= 0.3 is 11.9 Å². The molecule has 0 aromatic heterocycles. The van der Waals surface area contributed by atoms with Crippen LogP contribution < -0.4 is 11.1 Å². The van der Waals surface area contributed by atoms with Gasteiger partial charge in [0.05, 0.1) is 13.7 Å². The van der Waals surface area contributed by atoms with Gasteiger partial charge in [0.15, 0.2) is 0 Å². The number of nitrogens with one attached hydrogen (secondary N) is 1. The summed E-state index contributed by atoms with van der Waals surface area (Å²) in [4.78, 5) is 32.2. The summed E-state index contributed by atoms with van der Waals surface area (Å²) in [6.07, 6.45) is -0.0912. The van der Waals surface area contributed by atoms with Crippen molar-refractivity contribution in [2.45, 2.75) is 18.9 Å². The molecule has 0 aliphatic heterocycles. The Labute approximate surface area is 86.6 Å². The summed E-state index contributed by atoms with van der Waals surface area (Å²) in [6.45, 7) is -0.290. The van der Waals surface area contributed by atoms with Crippen LogP contribution in [-0.2, 0) is 19.1 Å². The van der Waals surface area contributed by atoms with Gasteiger partial charge in [0.2, 0.25) is 5.91 Å². The third-order valence-electron chi connectivity index (χ3n) is 1.68. The molecule has 0 saturated carbocycles. The first kappa shape index (κ1) is 13.4. The molecule has 0 spiro atoms. The summed E-state index contributed by atoms with van der Waals surface area (Å²) >= 11 is 0. The number of methoxy groups -OCH3 is 1. The minimum Gasteiger partial charge on any atom is -0.480 e. The van der Waals surface area contributed by atoms with Crippen LogP contribution in [0.3, 0.4) is 0 Å².